The van der Waals surface area contributed by atoms with E-state index in [-0.39, 0.29) is 36.4 Å². The number of hydrogen-bond acceptors (Lipinski definition) is 3. The van der Waals surface area contributed by atoms with E-state index in [0.29, 0.717) is 13.1 Å². The molecule has 8 heteroatoms. The van der Waals surface area contributed by atoms with Crippen molar-refractivity contribution in [3.63, 3.8) is 0 Å². The minimum atomic E-state index is -3.30. The van der Waals surface area contributed by atoms with Crippen LogP contribution in [0, 0.1) is 17.6 Å². The van der Waals surface area contributed by atoms with E-state index in [9.17, 15) is 22.0 Å². The maximum absolute atomic E-state index is 13.8. The third kappa shape index (κ3) is 3.59. The van der Waals surface area contributed by atoms with Crippen molar-refractivity contribution in [1.82, 2.24) is 9.21 Å². The van der Waals surface area contributed by atoms with Gasteiger partial charge in [0.15, 0.2) is 0 Å². The normalized spacial score (nSPS) is 24.9. The Morgan fingerprint density at radius 1 is 1.21 bits per heavy atom. The summed E-state index contributed by atoms with van der Waals surface area (Å²) in [4.78, 5) is 14.3. The second-order valence-electron chi connectivity index (χ2n) is 6.64. The number of sulfonamides is 1. The highest BCUT2D eigenvalue weighted by molar-refractivity contribution is 7.88. The average molecular weight is 358 g/mol. The van der Waals surface area contributed by atoms with Crippen LogP contribution >= 0.6 is 0 Å². The van der Waals surface area contributed by atoms with Crippen molar-refractivity contribution in [2.45, 2.75) is 25.3 Å². The van der Waals surface area contributed by atoms with Gasteiger partial charge in [0.25, 0.3) is 0 Å². The molecule has 0 N–H and O–H groups in total. The molecule has 5 nitrogen and oxygen atoms in total. The van der Waals surface area contributed by atoms with Crippen LogP contribution in [0.3, 0.4) is 0 Å². The summed E-state index contributed by atoms with van der Waals surface area (Å²) in [5, 5.41) is 0. The first kappa shape index (κ1) is 17.3. The highest BCUT2D eigenvalue weighted by Crippen LogP contribution is 2.29. The lowest BCUT2D eigenvalue weighted by Gasteiger charge is -2.36. The summed E-state index contributed by atoms with van der Waals surface area (Å²) >= 11 is 0. The van der Waals surface area contributed by atoms with Crippen LogP contribution in [0.5, 0.6) is 0 Å². The van der Waals surface area contributed by atoms with Gasteiger partial charge < -0.3 is 4.90 Å². The summed E-state index contributed by atoms with van der Waals surface area (Å²) in [5.74, 6) is -1.56. The summed E-state index contributed by atoms with van der Waals surface area (Å²) in [5.41, 5.74) is 0.154. The number of carbonyl (C=O) groups is 1. The summed E-state index contributed by atoms with van der Waals surface area (Å²) in [7, 11) is -3.30. The van der Waals surface area contributed by atoms with E-state index in [2.05, 4.69) is 0 Å². The molecule has 24 heavy (non-hydrogen) atoms. The zero-order valence-electron chi connectivity index (χ0n) is 13.4. The Kier molecular flexibility index (Phi) is 4.61. The molecule has 1 aromatic rings. The predicted octanol–water partition coefficient (Wildman–Crippen LogP) is 1.39. The molecule has 1 amide bonds. The molecule has 3 heterocycles. The van der Waals surface area contributed by atoms with E-state index < -0.39 is 21.7 Å². The van der Waals surface area contributed by atoms with Gasteiger partial charge in [-0.3, -0.25) is 4.79 Å². The zero-order valence-corrected chi connectivity index (χ0v) is 14.2. The molecule has 132 valence electrons. The first-order valence-corrected chi connectivity index (χ1v) is 9.77. The predicted molar refractivity (Wildman–Crippen MR) is 84.7 cm³/mol. The van der Waals surface area contributed by atoms with E-state index in [1.54, 1.807) is 4.90 Å². The van der Waals surface area contributed by atoms with Crippen molar-refractivity contribution in [3.8, 4) is 0 Å². The molecule has 0 aromatic heterocycles. The number of piperidine rings is 1. The summed E-state index contributed by atoms with van der Waals surface area (Å²) in [6, 6.07) is 2.99. The number of benzene rings is 1. The molecule has 3 saturated heterocycles. The number of amides is 1. The van der Waals surface area contributed by atoms with Crippen LogP contribution in [0.4, 0.5) is 8.78 Å². The minimum absolute atomic E-state index is 0.0977. The Morgan fingerprint density at radius 2 is 1.96 bits per heavy atom. The fraction of sp³-hybridized carbons (Fsp3) is 0.562. The number of carbonyl (C=O) groups excluding carboxylic acids is 1. The lowest BCUT2D eigenvalue weighted by atomic mass is 9.94. The molecule has 4 rings (SSSR count). The number of fused-ring (bicyclic) bond motifs is 4. The SMILES string of the molecule is CS(=O)(=O)N1C[C@@H]2CC[C@H](C1)N(C(=O)Cc1ccc(F)cc1F)C2. The van der Waals surface area contributed by atoms with Crippen molar-refractivity contribution in [2.24, 2.45) is 5.92 Å². The van der Waals surface area contributed by atoms with Gasteiger partial charge in [-0.05, 0) is 30.4 Å². The van der Waals surface area contributed by atoms with E-state index in [4.69, 9.17) is 0 Å². The summed E-state index contributed by atoms with van der Waals surface area (Å²) in [6.45, 7) is 1.19. The highest BCUT2D eigenvalue weighted by Gasteiger charge is 2.39. The first-order valence-electron chi connectivity index (χ1n) is 7.92. The second-order valence-corrected chi connectivity index (χ2v) is 8.62. The van der Waals surface area contributed by atoms with Gasteiger partial charge in [-0.1, -0.05) is 6.07 Å². The van der Waals surface area contributed by atoms with Gasteiger partial charge in [0.1, 0.15) is 11.6 Å². The Morgan fingerprint density at radius 3 is 2.62 bits per heavy atom. The van der Waals surface area contributed by atoms with Crippen molar-refractivity contribution < 1.29 is 22.0 Å². The van der Waals surface area contributed by atoms with Crippen molar-refractivity contribution >= 4 is 15.9 Å². The molecule has 0 spiro atoms. The van der Waals surface area contributed by atoms with Crippen LogP contribution < -0.4 is 0 Å². The van der Waals surface area contributed by atoms with Crippen LogP contribution in [0.2, 0.25) is 0 Å². The van der Waals surface area contributed by atoms with Gasteiger partial charge in [0, 0.05) is 31.7 Å². The largest absolute Gasteiger partial charge is 0.338 e. The van der Waals surface area contributed by atoms with E-state index in [1.807, 2.05) is 0 Å². The smallest absolute Gasteiger partial charge is 0.227 e. The Bertz CT molecular complexity index is 754. The molecule has 0 aliphatic carbocycles. The topological polar surface area (TPSA) is 57.7 Å². The zero-order chi connectivity index (χ0) is 17.5. The lowest BCUT2D eigenvalue weighted by molar-refractivity contribution is -0.134. The lowest BCUT2D eigenvalue weighted by Crippen LogP contribution is -2.48. The van der Waals surface area contributed by atoms with Crippen molar-refractivity contribution in [2.75, 3.05) is 25.9 Å². The van der Waals surface area contributed by atoms with Crippen LogP contribution in [-0.4, -0.2) is 55.5 Å². The summed E-state index contributed by atoms with van der Waals surface area (Å²) < 4.78 is 51.8. The molecule has 2 atom stereocenters. The molecule has 3 aliphatic rings. The van der Waals surface area contributed by atoms with E-state index in [1.165, 1.54) is 16.6 Å². The monoisotopic (exact) mass is 358 g/mol. The highest BCUT2D eigenvalue weighted by atomic mass is 32.2. The van der Waals surface area contributed by atoms with Gasteiger partial charge in [-0.2, -0.15) is 4.31 Å². The molecular weight excluding hydrogens is 338 g/mol. The molecule has 1 aromatic carbocycles. The number of rotatable bonds is 3. The number of nitrogens with zero attached hydrogens (tertiary/aromatic N) is 2. The van der Waals surface area contributed by atoms with Crippen molar-refractivity contribution in [1.29, 1.82) is 0 Å². The maximum Gasteiger partial charge on any atom is 0.227 e. The molecule has 0 saturated carbocycles. The second kappa shape index (κ2) is 6.40. The Labute approximate surface area is 140 Å². The van der Waals surface area contributed by atoms with Crippen LogP contribution in [0.1, 0.15) is 18.4 Å². The molecule has 3 fully saturated rings. The van der Waals surface area contributed by atoms with E-state index >= 15 is 0 Å². The third-order valence-corrected chi connectivity index (χ3v) is 6.06. The van der Waals surface area contributed by atoms with Crippen LogP contribution in [-0.2, 0) is 21.2 Å². The Balaban J connectivity index is 1.76. The van der Waals surface area contributed by atoms with Gasteiger partial charge in [-0.25, -0.2) is 17.2 Å². The fourth-order valence-corrected chi connectivity index (χ4v) is 4.47. The van der Waals surface area contributed by atoms with Crippen LogP contribution in [0.15, 0.2) is 18.2 Å². The molecule has 3 aliphatic heterocycles. The van der Waals surface area contributed by atoms with Crippen LogP contribution in [0.25, 0.3) is 0 Å². The quantitative estimate of drug-likeness (QED) is 0.821. The fourth-order valence-electron chi connectivity index (χ4n) is 3.54. The first-order chi connectivity index (χ1) is 11.2. The van der Waals surface area contributed by atoms with Gasteiger partial charge in [-0.15, -0.1) is 0 Å². The van der Waals surface area contributed by atoms with Gasteiger partial charge in [0.2, 0.25) is 15.9 Å². The molecular formula is C16H20F2N2O3S. The number of hydrogen-bond donors (Lipinski definition) is 0. The molecule has 0 radical (unpaired) electrons. The standard InChI is InChI=1S/C16H20F2N2O3S/c1-24(22,23)19-8-11-2-5-14(10-19)20(9-11)16(21)6-12-3-4-13(17)7-15(12)18/h3-4,7,11,14H,2,5-6,8-10H2,1H3/t11-,14+/m0/s1. The minimum Gasteiger partial charge on any atom is -0.338 e. The average Bonchev–Trinajstić information content (AvgIpc) is 2.81. The molecule has 0 unspecified atom stereocenters. The number of halogens is 2. The van der Waals surface area contributed by atoms with Gasteiger partial charge in [0.05, 0.1) is 12.7 Å². The summed E-state index contributed by atoms with van der Waals surface area (Å²) in [6.07, 6.45) is 2.66. The van der Waals surface area contributed by atoms with Gasteiger partial charge >= 0.3 is 0 Å². The van der Waals surface area contributed by atoms with Crippen molar-refractivity contribution in [3.05, 3.63) is 35.4 Å². The third-order valence-electron chi connectivity index (χ3n) is 4.83. The van der Waals surface area contributed by atoms with E-state index in [0.717, 1.165) is 25.0 Å². The maximum atomic E-state index is 13.8. The molecule has 2 bridgehead atoms. The Hall–Kier alpha value is -1.54.